The summed E-state index contributed by atoms with van der Waals surface area (Å²) in [5.41, 5.74) is 2.04. The zero-order chi connectivity index (χ0) is 13.1. The highest BCUT2D eigenvalue weighted by Gasteiger charge is 2.08. The minimum atomic E-state index is -0.666. The number of pyridine rings is 1. The molecule has 2 aromatic heterocycles. The van der Waals surface area contributed by atoms with Crippen molar-refractivity contribution >= 4 is 5.91 Å². The molecular formula is C12H13FN4O. The lowest BCUT2D eigenvalue weighted by Crippen LogP contribution is -2.23. The Balaban J connectivity index is 2.02. The summed E-state index contributed by atoms with van der Waals surface area (Å²) in [7, 11) is 1.82. The normalized spacial score (nSPS) is 10.4. The molecule has 0 saturated heterocycles. The predicted molar refractivity (Wildman–Crippen MR) is 63.3 cm³/mol. The number of amides is 1. The summed E-state index contributed by atoms with van der Waals surface area (Å²) in [4.78, 5) is 15.2. The molecule has 2 aromatic rings. The van der Waals surface area contributed by atoms with Crippen molar-refractivity contribution in [2.24, 2.45) is 7.05 Å². The Kier molecular flexibility index (Phi) is 3.36. The van der Waals surface area contributed by atoms with E-state index in [0.29, 0.717) is 6.54 Å². The highest BCUT2D eigenvalue weighted by molar-refractivity contribution is 5.93. The topological polar surface area (TPSA) is 59.8 Å². The van der Waals surface area contributed by atoms with E-state index >= 15 is 0 Å². The van der Waals surface area contributed by atoms with E-state index in [0.717, 1.165) is 17.3 Å². The molecule has 0 radical (unpaired) electrons. The maximum absolute atomic E-state index is 12.9. The van der Waals surface area contributed by atoms with E-state index in [2.05, 4.69) is 15.4 Å². The van der Waals surface area contributed by atoms with Gasteiger partial charge in [0, 0.05) is 43.2 Å². The predicted octanol–water partition coefficient (Wildman–Crippen LogP) is 1.19. The smallest absolute Gasteiger partial charge is 0.251 e. The van der Waals surface area contributed by atoms with Crippen LogP contribution in [0.2, 0.25) is 0 Å². The van der Waals surface area contributed by atoms with E-state index < -0.39 is 5.95 Å². The second-order valence-corrected chi connectivity index (χ2v) is 3.96. The lowest BCUT2D eigenvalue weighted by Gasteiger charge is -2.04. The molecule has 2 rings (SSSR count). The van der Waals surface area contributed by atoms with Crippen LogP contribution in [0.3, 0.4) is 0 Å². The van der Waals surface area contributed by atoms with Crippen molar-refractivity contribution in [1.82, 2.24) is 20.1 Å². The van der Waals surface area contributed by atoms with Gasteiger partial charge in [-0.05, 0) is 13.0 Å². The fraction of sp³-hybridized carbons (Fsp3) is 0.250. The van der Waals surface area contributed by atoms with E-state index in [9.17, 15) is 9.18 Å². The number of aromatic nitrogens is 3. The van der Waals surface area contributed by atoms with Gasteiger partial charge in [0.2, 0.25) is 5.95 Å². The van der Waals surface area contributed by atoms with E-state index in [1.165, 1.54) is 12.3 Å². The maximum atomic E-state index is 12.9. The molecular weight excluding hydrogens is 235 g/mol. The van der Waals surface area contributed by atoms with Crippen LogP contribution in [0.1, 0.15) is 21.6 Å². The molecule has 0 atom stereocenters. The Morgan fingerprint density at radius 1 is 1.56 bits per heavy atom. The van der Waals surface area contributed by atoms with Gasteiger partial charge >= 0.3 is 0 Å². The largest absolute Gasteiger partial charge is 0.348 e. The number of aryl methyl sites for hydroxylation is 2. The van der Waals surface area contributed by atoms with Crippen LogP contribution in [-0.2, 0) is 13.6 Å². The quantitative estimate of drug-likeness (QED) is 0.830. The first-order chi connectivity index (χ1) is 8.56. The first-order valence-corrected chi connectivity index (χ1v) is 5.45. The average molecular weight is 248 g/mol. The van der Waals surface area contributed by atoms with Crippen molar-refractivity contribution in [2.75, 3.05) is 0 Å². The Bertz CT molecular complexity index is 579. The number of hydrogen-bond acceptors (Lipinski definition) is 3. The molecule has 0 spiro atoms. The fourth-order valence-electron chi connectivity index (χ4n) is 1.64. The number of nitrogens with zero attached hydrogens (tertiary/aromatic N) is 3. The summed E-state index contributed by atoms with van der Waals surface area (Å²) in [6, 6.07) is 2.57. The van der Waals surface area contributed by atoms with Crippen molar-refractivity contribution in [3.05, 3.63) is 47.3 Å². The van der Waals surface area contributed by atoms with Gasteiger partial charge in [0.05, 0.1) is 5.69 Å². The van der Waals surface area contributed by atoms with Crippen LogP contribution in [0.4, 0.5) is 4.39 Å². The first-order valence-electron chi connectivity index (χ1n) is 5.45. The van der Waals surface area contributed by atoms with Crippen LogP contribution in [-0.4, -0.2) is 20.7 Å². The molecule has 0 fully saturated rings. The zero-order valence-electron chi connectivity index (χ0n) is 10.1. The number of hydrogen-bond donors (Lipinski definition) is 1. The standard InChI is InChI=1S/C12H13FN4O/c1-8-10(7-17(2)16-8)6-15-12(18)9-3-4-14-11(13)5-9/h3-5,7H,6H2,1-2H3,(H,15,18). The molecule has 0 aliphatic rings. The number of nitrogens with one attached hydrogen (secondary N) is 1. The third kappa shape index (κ3) is 2.71. The van der Waals surface area contributed by atoms with Crippen LogP contribution >= 0.6 is 0 Å². The van der Waals surface area contributed by atoms with E-state index in [1.54, 1.807) is 4.68 Å². The van der Waals surface area contributed by atoms with Gasteiger partial charge in [-0.2, -0.15) is 9.49 Å². The molecule has 18 heavy (non-hydrogen) atoms. The summed E-state index contributed by atoms with van der Waals surface area (Å²) >= 11 is 0. The highest BCUT2D eigenvalue weighted by Crippen LogP contribution is 2.05. The second-order valence-electron chi connectivity index (χ2n) is 3.96. The van der Waals surface area contributed by atoms with Crippen molar-refractivity contribution in [3.8, 4) is 0 Å². The van der Waals surface area contributed by atoms with E-state index in [-0.39, 0.29) is 11.5 Å². The Morgan fingerprint density at radius 2 is 2.33 bits per heavy atom. The van der Waals surface area contributed by atoms with Gasteiger partial charge in [-0.3, -0.25) is 9.48 Å². The Labute approximate surface area is 104 Å². The number of carbonyl (C=O) groups is 1. The average Bonchev–Trinajstić information content (AvgIpc) is 2.65. The molecule has 6 heteroatoms. The second kappa shape index (κ2) is 4.95. The van der Waals surface area contributed by atoms with Gasteiger partial charge in [-0.1, -0.05) is 0 Å². The summed E-state index contributed by atoms with van der Waals surface area (Å²) in [5.74, 6) is -1.00. The van der Waals surface area contributed by atoms with Crippen molar-refractivity contribution in [1.29, 1.82) is 0 Å². The Hall–Kier alpha value is -2.24. The third-order valence-electron chi connectivity index (χ3n) is 2.54. The van der Waals surface area contributed by atoms with Gasteiger partial charge in [0.15, 0.2) is 0 Å². The van der Waals surface area contributed by atoms with E-state index in [1.807, 2.05) is 20.2 Å². The zero-order valence-corrected chi connectivity index (χ0v) is 10.1. The number of rotatable bonds is 3. The molecule has 0 aliphatic heterocycles. The molecule has 0 bridgehead atoms. The van der Waals surface area contributed by atoms with Crippen LogP contribution in [0.5, 0.6) is 0 Å². The molecule has 0 saturated carbocycles. The molecule has 0 aromatic carbocycles. The number of halogens is 1. The van der Waals surface area contributed by atoms with Crippen LogP contribution in [0, 0.1) is 12.9 Å². The minimum Gasteiger partial charge on any atom is -0.348 e. The van der Waals surface area contributed by atoms with Crippen molar-refractivity contribution in [2.45, 2.75) is 13.5 Å². The third-order valence-corrected chi connectivity index (χ3v) is 2.54. The molecule has 1 N–H and O–H groups in total. The van der Waals surface area contributed by atoms with Crippen LogP contribution < -0.4 is 5.32 Å². The monoisotopic (exact) mass is 248 g/mol. The summed E-state index contributed by atoms with van der Waals surface area (Å²) in [6.07, 6.45) is 3.10. The number of carbonyl (C=O) groups excluding carboxylic acids is 1. The molecule has 5 nitrogen and oxygen atoms in total. The van der Waals surface area contributed by atoms with Gasteiger partial charge in [0.1, 0.15) is 0 Å². The minimum absolute atomic E-state index is 0.254. The lowest BCUT2D eigenvalue weighted by atomic mass is 10.2. The van der Waals surface area contributed by atoms with Gasteiger partial charge in [0.25, 0.3) is 5.91 Å². The molecule has 0 aliphatic carbocycles. The van der Waals surface area contributed by atoms with Gasteiger partial charge in [-0.15, -0.1) is 0 Å². The summed E-state index contributed by atoms with van der Waals surface area (Å²) < 4.78 is 14.5. The van der Waals surface area contributed by atoms with Gasteiger partial charge < -0.3 is 5.32 Å². The maximum Gasteiger partial charge on any atom is 0.251 e. The fourth-order valence-corrected chi connectivity index (χ4v) is 1.64. The summed E-state index contributed by atoms with van der Waals surface area (Å²) in [5, 5.41) is 6.88. The van der Waals surface area contributed by atoms with Gasteiger partial charge in [-0.25, -0.2) is 4.98 Å². The lowest BCUT2D eigenvalue weighted by molar-refractivity contribution is 0.0950. The Morgan fingerprint density at radius 3 is 2.94 bits per heavy atom. The van der Waals surface area contributed by atoms with Crippen LogP contribution in [0.15, 0.2) is 24.5 Å². The molecule has 0 unspecified atom stereocenters. The van der Waals surface area contributed by atoms with Crippen molar-refractivity contribution in [3.63, 3.8) is 0 Å². The molecule has 2 heterocycles. The van der Waals surface area contributed by atoms with E-state index in [4.69, 9.17) is 0 Å². The van der Waals surface area contributed by atoms with Crippen molar-refractivity contribution < 1.29 is 9.18 Å². The highest BCUT2D eigenvalue weighted by atomic mass is 19.1. The molecule has 1 amide bonds. The first kappa shape index (κ1) is 12.2. The van der Waals surface area contributed by atoms with Crippen LogP contribution in [0.25, 0.3) is 0 Å². The molecule has 94 valence electrons. The summed E-state index contributed by atoms with van der Waals surface area (Å²) in [6.45, 7) is 2.23. The SMILES string of the molecule is Cc1nn(C)cc1CNC(=O)c1ccnc(F)c1.